The first-order valence-electron chi connectivity index (χ1n) is 9.49. The van der Waals surface area contributed by atoms with Gasteiger partial charge in [-0.25, -0.2) is 0 Å². The Labute approximate surface area is 168 Å². The maximum Gasteiger partial charge on any atom is 0.315 e. The highest BCUT2D eigenvalue weighted by Crippen LogP contribution is 2.48. The van der Waals surface area contributed by atoms with E-state index in [1.807, 2.05) is 13.8 Å². The molecular weight excluding hydrogens is 376 g/mol. The van der Waals surface area contributed by atoms with Crippen molar-refractivity contribution < 1.29 is 24.4 Å². The van der Waals surface area contributed by atoms with Crippen molar-refractivity contribution in [3.05, 3.63) is 45.1 Å². The van der Waals surface area contributed by atoms with Crippen LogP contribution in [-0.4, -0.2) is 29.0 Å². The Balaban J connectivity index is 2.19. The van der Waals surface area contributed by atoms with Crippen LogP contribution < -0.4 is 5.11 Å². The highest BCUT2D eigenvalue weighted by molar-refractivity contribution is 6.09. The van der Waals surface area contributed by atoms with E-state index in [9.17, 15) is 24.8 Å². The van der Waals surface area contributed by atoms with Gasteiger partial charge in [-0.15, -0.1) is 0 Å². The number of carbonyl (C=O) groups excluding carboxylic acids is 2. The molecule has 0 radical (unpaired) electrons. The predicted molar refractivity (Wildman–Crippen MR) is 104 cm³/mol. The second kappa shape index (κ2) is 7.42. The summed E-state index contributed by atoms with van der Waals surface area (Å²) in [4.78, 5) is 40.6. The first-order chi connectivity index (χ1) is 13.6. The minimum atomic E-state index is -0.861. The standard InChI is InChI=1S/C21H24N2O6/c1-5-29-20(26)17-11(2)22-13-9-21(3,4)10-16(25)19(13)18(17)12-6-7-14(23(27)28)15(24)8-12/h6-8,17-18,24H,5,9-10H2,1-4H3/p-1/t17?,18-/m1/s1. The van der Waals surface area contributed by atoms with Crippen molar-refractivity contribution in [1.29, 1.82) is 0 Å². The number of carbonyl (C=O) groups is 2. The first kappa shape index (κ1) is 20.7. The molecule has 1 aromatic carbocycles. The number of nitro benzene ring substituents is 1. The molecule has 0 aromatic heterocycles. The number of esters is 1. The molecular formula is C21H23N2O6-. The molecule has 1 heterocycles. The summed E-state index contributed by atoms with van der Waals surface area (Å²) in [5.74, 6) is -3.04. The minimum absolute atomic E-state index is 0.127. The maximum absolute atomic E-state index is 13.1. The van der Waals surface area contributed by atoms with Crippen molar-refractivity contribution in [2.24, 2.45) is 16.3 Å². The van der Waals surface area contributed by atoms with Crippen molar-refractivity contribution in [3.8, 4) is 5.75 Å². The number of nitrogens with zero attached hydrogens (tertiary/aromatic N) is 2. The molecule has 0 amide bonds. The molecule has 2 aliphatic rings. The topological polar surface area (TPSA) is 122 Å². The van der Waals surface area contributed by atoms with Gasteiger partial charge in [0, 0.05) is 35.4 Å². The van der Waals surface area contributed by atoms with Gasteiger partial charge in [-0.2, -0.15) is 0 Å². The molecule has 3 rings (SSSR count). The number of aliphatic imine (C=N–C) groups is 1. The Bertz CT molecular complexity index is 960. The normalized spacial score (nSPS) is 23.3. The third-order valence-electron chi connectivity index (χ3n) is 5.38. The van der Waals surface area contributed by atoms with Crippen LogP contribution in [0.5, 0.6) is 5.75 Å². The van der Waals surface area contributed by atoms with Gasteiger partial charge in [-0.05, 0) is 37.0 Å². The zero-order valence-corrected chi connectivity index (χ0v) is 16.9. The van der Waals surface area contributed by atoms with Crippen LogP contribution in [0, 0.1) is 21.4 Å². The number of ether oxygens (including phenoxy) is 1. The van der Waals surface area contributed by atoms with Gasteiger partial charge < -0.3 is 9.84 Å². The largest absolute Gasteiger partial charge is 0.868 e. The van der Waals surface area contributed by atoms with Gasteiger partial charge in [-0.3, -0.25) is 24.7 Å². The predicted octanol–water partition coefficient (Wildman–Crippen LogP) is 3.05. The summed E-state index contributed by atoms with van der Waals surface area (Å²) in [6.45, 7) is 7.51. The number of hydrogen-bond acceptors (Lipinski definition) is 7. The zero-order valence-electron chi connectivity index (χ0n) is 16.9. The van der Waals surface area contributed by atoms with Crippen LogP contribution in [0.15, 0.2) is 34.5 Å². The Hall–Kier alpha value is -3.03. The monoisotopic (exact) mass is 399 g/mol. The fourth-order valence-electron chi connectivity index (χ4n) is 4.22. The van der Waals surface area contributed by atoms with Gasteiger partial charge in [0.25, 0.3) is 5.69 Å². The summed E-state index contributed by atoms with van der Waals surface area (Å²) in [6.07, 6.45) is 0.859. The van der Waals surface area contributed by atoms with Crippen LogP contribution in [0.4, 0.5) is 5.69 Å². The van der Waals surface area contributed by atoms with Crippen LogP contribution >= 0.6 is 0 Å². The quantitative estimate of drug-likeness (QED) is 0.436. The van der Waals surface area contributed by atoms with Crippen molar-refractivity contribution >= 4 is 23.2 Å². The molecule has 1 aromatic rings. The molecule has 0 bridgehead atoms. The summed E-state index contributed by atoms with van der Waals surface area (Å²) >= 11 is 0. The number of rotatable bonds is 4. The van der Waals surface area contributed by atoms with E-state index in [1.54, 1.807) is 13.8 Å². The minimum Gasteiger partial charge on any atom is -0.868 e. The molecule has 8 heteroatoms. The summed E-state index contributed by atoms with van der Waals surface area (Å²) < 4.78 is 5.21. The number of hydrogen-bond donors (Lipinski definition) is 0. The Morgan fingerprint density at radius 1 is 1.34 bits per heavy atom. The molecule has 1 aliphatic heterocycles. The first-order valence-corrected chi connectivity index (χ1v) is 9.49. The van der Waals surface area contributed by atoms with Crippen LogP contribution in [0.1, 0.15) is 52.0 Å². The molecule has 0 fully saturated rings. The van der Waals surface area contributed by atoms with Gasteiger partial charge >= 0.3 is 5.97 Å². The number of Topliss-reactive ketones (excluding diaryl/α,β-unsaturated/α-hetero) is 1. The number of nitro groups is 1. The Morgan fingerprint density at radius 3 is 2.62 bits per heavy atom. The van der Waals surface area contributed by atoms with Crippen molar-refractivity contribution in [1.82, 2.24) is 0 Å². The highest BCUT2D eigenvalue weighted by atomic mass is 16.6. The van der Waals surface area contributed by atoms with Crippen LogP contribution in [0.2, 0.25) is 0 Å². The Kier molecular flexibility index (Phi) is 5.30. The SMILES string of the molecule is CCOC(=O)C1C(C)=NC2=C(C(=O)CC(C)(C)C2)[C@@H]1c1ccc([N+](=O)[O-])c([O-])c1. The average Bonchev–Trinajstić information content (AvgIpc) is 2.59. The number of ketones is 1. The molecule has 154 valence electrons. The van der Waals surface area contributed by atoms with E-state index in [4.69, 9.17) is 4.74 Å². The summed E-state index contributed by atoms with van der Waals surface area (Å²) in [7, 11) is 0. The van der Waals surface area contributed by atoms with E-state index in [0.29, 0.717) is 35.4 Å². The van der Waals surface area contributed by atoms with Gasteiger partial charge in [0.15, 0.2) is 5.78 Å². The molecule has 29 heavy (non-hydrogen) atoms. The fraction of sp³-hybridized carbons (Fsp3) is 0.476. The molecule has 1 unspecified atom stereocenters. The maximum atomic E-state index is 13.1. The second-order valence-electron chi connectivity index (χ2n) is 8.25. The van der Waals surface area contributed by atoms with Gasteiger partial charge in [-0.1, -0.05) is 26.0 Å². The summed E-state index contributed by atoms with van der Waals surface area (Å²) in [5, 5.41) is 23.3. The fourth-order valence-corrected chi connectivity index (χ4v) is 4.22. The zero-order chi connectivity index (χ0) is 21.5. The van der Waals surface area contributed by atoms with E-state index in [2.05, 4.69) is 4.99 Å². The lowest BCUT2D eigenvalue weighted by Crippen LogP contribution is -2.39. The van der Waals surface area contributed by atoms with Crippen molar-refractivity contribution in [3.63, 3.8) is 0 Å². The second-order valence-corrected chi connectivity index (χ2v) is 8.25. The third kappa shape index (κ3) is 3.79. The summed E-state index contributed by atoms with van der Waals surface area (Å²) in [6, 6.07) is 3.70. The van der Waals surface area contributed by atoms with E-state index in [0.717, 1.165) is 12.1 Å². The van der Waals surface area contributed by atoms with Crippen LogP contribution in [-0.2, 0) is 14.3 Å². The van der Waals surface area contributed by atoms with Crippen molar-refractivity contribution in [2.45, 2.75) is 46.5 Å². The molecule has 0 saturated heterocycles. The van der Waals surface area contributed by atoms with Gasteiger partial charge in [0.2, 0.25) is 0 Å². The molecule has 0 N–H and O–H groups in total. The molecule has 8 nitrogen and oxygen atoms in total. The van der Waals surface area contributed by atoms with Crippen LogP contribution in [0.3, 0.4) is 0 Å². The van der Waals surface area contributed by atoms with Crippen LogP contribution in [0.25, 0.3) is 0 Å². The smallest absolute Gasteiger partial charge is 0.315 e. The van der Waals surface area contributed by atoms with Gasteiger partial charge in [0.05, 0.1) is 11.5 Å². The van der Waals surface area contributed by atoms with E-state index < -0.39 is 34.2 Å². The Morgan fingerprint density at radius 2 is 2.03 bits per heavy atom. The van der Waals surface area contributed by atoms with E-state index >= 15 is 0 Å². The molecule has 0 saturated carbocycles. The van der Waals surface area contributed by atoms with Gasteiger partial charge in [0.1, 0.15) is 5.92 Å². The number of benzene rings is 1. The molecule has 1 aliphatic carbocycles. The number of allylic oxidation sites excluding steroid dienone is 2. The molecule has 2 atom stereocenters. The van der Waals surface area contributed by atoms with Crippen molar-refractivity contribution in [2.75, 3.05) is 6.61 Å². The molecule has 0 spiro atoms. The lowest BCUT2D eigenvalue weighted by molar-refractivity contribution is -0.398. The summed E-state index contributed by atoms with van der Waals surface area (Å²) in [5.41, 5.74) is 1.09. The highest BCUT2D eigenvalue weighted by Gasteiger charge is 2.46. The van der Waals surface area contributed by atoms with E-state index in [1.165, 1.54) is 6.07 Å². The van der Waals surface area contributed by atoms with E-state index in [-0.39, 0.29) is 17.8 Å². The lowest BCUT2D eigenvalue weighted by Gasteiger charge is -2.39. The third-order valence-corrected chi connectivity index (χ3v) is 5.38. The lowest BCUT2D eigenvalue weighted by atomic mass is 9.67. The average molecular weight is 399 g/mol.